The van der Waals surface area contributed by atoms with Gasteiger partial charge in [0, 0.05) is 24.3 Å². The van der Waals surface area contributed by atoms with E-state index in [1.165, 1.54) is 6.20 Å². The van der Waals surface area contributed by atoms with Crippen LogP contribution in [0.25, 0.3) is 0 Å². The van der Waals surface area contributed by atoms with E-state index in [1.54, 1.807) is 67.8 Å². The van der Waals surface area contributed by atoms with Gasteiger partial charge in [0.25, 0.3) is 5.91 Å². The Hall–Kier alpha value is -3.51. The Bertz CT molecular complexity index is 940. The summed E-state index contributed by atoms with van der Waals surface area (Å²) in [6.07, 6.45) is 1.50. The second kappa shape index (κ2) is 9.43. The van der Waals surface area contributed by atoms with Gasteiger partial charge in [-0.3, -0.25) is 9.59 Å². The molecule has 6 nitrogen and oxygen atoms in total. The Kier molecular flexibility index (Phi) is 6.49. The van der Waals surface area contributed by atoms with Crippen LogP contribution in [0.15, 0.2) is 72.9 Å². The molecule has 0 aliphatic rings. The van der Waals surface area contributed by atoms with Crippen molar-refractivity contribution in [1.29, 1.82) is 0 Å². The van der Waals surface area contributed by atoms with Crippen molar-refractivity contribution in [1.82, 2.24) is 4.98 Å². The van der Waals surface area contributed by atoms with Crippen LogP contribution in [0.3, 0.4) is 0 Å². The number of methoxy groups -OCH3 is 1. The molecule has 0 atom stereocenters. The number of ketones is 1. The quantitative estimate of drug-likeness (QED) is 0.480. The topological polar surface area (TPSA) is 77.5 Å². The van der Waals surface area contributed by atoms with Gasteiger partial charge in [-0.2, -0.15) is 0 Å². The first kappa shape index (κ1) is 19.3. The molecule has 1 amide bonds. The van der Waals surface area contributed by atoms with Crippen LogP contribution < -0.4 is 10.1 Å². The number of nitrogens with zero attached hydrogens (tertiary/aromatic N) is 1. The Labute approximate surface area is 163 Å². The van der Waals surface area contributed by atoms with Gasteiger partial charge in [0.1, 0.15) is 6.61 Å². The van der Waals surface area contributed by atoms with Gasteiger partial charge in [-0.25, -0.2) is 4.98 Å². The molecule has 0 aliphatic carbocycles. The number of benzene rings is 2. The van der Waals surface area contributed by atoms with Crippen molar-refractivity contribution < 1.29 is 19.1 Å². The maximum atomic E-state index is 12.8. The predicted molar refractivity (Wildman–Crippen MR) is 106 cm³/mol. The van der Waals surface area contributed by atoms with Crippen molar-refractivity contribution in [3.8, 4) is 5.88 Å². The largest absolute Gasteiger partial charge is 0.475 e. The van der Waals surface area contributed by atoms with Crippen LogP contribution in [0, 0.1) is 0 Å². The molecule has 2 aromatic carbocycles. The van der Waals surface area contributed by atoms with Gasteiger partial charge < -0.3 is 14.8 Å². The van der Waals surface area contributed by atoms with E-state index in [1.807, 2.05) is 6.07 Å². The lowest BCUT2D eigenvalue weighted by Gasteiger charge is -2.10. The highest BCUT2D eigenvalue weighted by Crippen LogP contribution is 2.18. The number of hydrogen-bond acceptors (Lipinski definition) is 5. The number of pyridine rings is 1. The zero-order valence-electron chi connectivity index (χ0n) is 15.4. The lowest BCUT2D eigenvalue weighted by atomic mass is 9.98. The number of ether oxygens (including phenoxy) is 2. The third-order valence-electron chi connectivity index (χ3n) is 3.98. The number of anilines is 1. The normalized spacial score (nSPS) is 10.3. The molecule has 6 heteroatoms. The Morgan fingerprint density at radius 3 is 2.29 bits per heavy atom. The molecule has 1 aromatic heterocycles. The molecule has 0 unspecified atom stereocenters. The first-order valence-electron chi connectivity index (χ1n) is 8.77. The minimum Gasteiger partial charge on any atom is -0.475 e. The molecule has 1 heterocycles. The summed E-state index contributed by atoms with van der Waals surface area (Å²) in [5, 5.41) is 2.77. The Morgan fingerprint density at radius 2 is 1.61 bits per heavy atom. The molecule has 0 bridgehead atoms. The van der Waals surface area contributed by atoms with Crippen LogP contribution in [-0.4, -0.2) is 37.0 Å². The third-order valence-corrected chi connectivity index (χ3v) is 3.98. The predicted octanol–water partition coefficient (Wildman–Crippen LogP) is 3.59. The number of carbonyl (C=O) groups is 2. The van der Waals surface area contributed by atoms with Gasteiger partial charge in [0.05, 0.1) is 24.1 Å². The van der Waals surface area contributed by atoms with Gasteiger partial charge >= 0.3 is 0 Å². The van der Waals surface area contributed by atoms with E-state index < -0.39 is 0 Å². The summed E-state index contributed by atoms with van der Waals surface area (Å²) in [7, 11) is 1.59. The molecule has 1 N–H and O–H groups in total. The first-order chi connectivity index (χ1) is 13.7. The van der Waals surface area contributed by atoms with E-state index in [0.29, 0.717) is 41.5 Å². The standard InChI is InChI=1S/C22H20N2O4/c1-27-13-14-28-20-12-11-17(15-23-20)24-22(26)19-10-6-5-9-18(19)21(25)16-7-3-2-4-8-16/h2-12,15H,13-14H2,1H3,(H,24,26). The summed E-state index contributed by atoms with van der Waals surface area (Å²) in [4.78, 5) is 29.6. The average Bonchev–Trinajstić information content (AvgIpc) is 2.75. The molecule has 0 aliphatic heterocycles. The minimum absolute atomic E-state index is 0.202. The van der Waals surface area contributed by atoms with Crippen LogP contribution in [-0.2, 0) is 4.74 Å². The second-order valence-electron chi connectivity index (χ2n) is 5.92. The fourth-order valence-corrected chi connectivity index (χ4v) is 2.59. The summed E-state index contributed by atoms with van der Waals surface area (Å²) in [5.41, 5.74) is 1.68. The highest BCUT2D eigenvalue weighted by atomic mass is 16.5. The van der Waals surface area contributed by atoms with Gasteiger partial charge in [0.15, 0.2) is 5.78 Å². The summed E-state index contributed by atoms with van der Waals surface area (Å²) in [6, 6.07) is 19.0. The van der Waals surface area contributed by atoms with E-state index in [-0.39, 0.29) is 11.7 Å². The van der Waals surface area contributed by atoms with E-state index in [4.69, 9.17) is 9.47 Å². The molecule has 0 radical (unpaired) electrons. The van der Waals surface area contributed by atoms with Crippen LogP contribution in [0.5, 0.6) is 5.88 Å². The van der Waals surface area contributed by atoms with Gasteiger partial charge in [-0.05, 0) is 12.1 Å². The molecule has 3 aromatic rings. The molecule has 3 rings (SSSR count). The van der Waals surface area contributed by atoms with Crippen molar-refractivity contribution in [2.24, 2.45) is 0 Å². The van der Waals surface area contributed by atoms with Crippen LogP contribution >= 0.6 is 0 Å². The molecule has 0 spiro atoms. The van der Waals surface area contributed by atoms with Gasteiger partial charge in [0.2, 0.25) is 5.88 Å². The molecule has 142 valence electrons. The zero-order valence-corrected chi connectivity index (χ0v) is 15.4. The van der Waals surface area contributed by atoms with Crippen LogP contribution in [0.2, 0.25) is 0 Å². The molecule has 0 saturated heterocycles. The fraction of sp³-hybridized carbons (Fsp3) is 0.136. The maximum absolute atomic E-state index is 12.8. The fourth-order valence-electron chi connectivity index (χ4n) is 2.59. The summed E-state index contributed by atoms with van der Waals surface area (Å²) in [5.74, 6) is -0.143. The highest BCUT2D eigenvalue weighted by molar-refractivity contribution is 6.17. The van der Waals surface area contributed by atoms with Crippen LogP contribution in [0.1, 0.15) is 26.3 Å². The number of aromatic nitrogens is 1. The molecule has 28 heavy (non-hydrogen) atoms. The van der Waals surface area contributed by atoms with E-state index in [0.717, 1.165) is 0 Å². The molecular weight excluding hydrogens is 356 g/mol. The SMILES string of the molecule is COCCOc1ccc(NC(=O)c2ccccc2C(=O)c2ccccc2)cn1. The van der Waals surface area contributed by atoms with Gasteiger partial charge in [-0.15, -0.1) is 0 Å². The molecule has 0 fully saturated rings. The summed E-state index contributed by atoms with van der Waals surface area (Å²) >= 11 is 0. The Morgan fingerprint density at radius 1 is 0.893 bits per heavy atom. The van der Waals surface area contributed by atoms with E-state index in [9.17, 15) is 9.59 Å². The summed E-state index contributed by atoms with van der Waals surface area (Å²) in [6.45, 7) is 0.858. The lowest BCUT2D eigenvalue weighted by Crippen LogP contribution is -2.17. The van der Waals surface area contributed by atoms with Crippen molar-refractivity contribution >= 4 is 17.4 Å². The number of carbonyl (C=O) groups excluding carboxylic acids is 2. The smallest absolute Gasteiger partial charge is 0.256 e. The number of hydrogen-bond donors (Lipinski definition) is 1. The monoisotopic (exact) mass is 376 g/mol. The van der Waals surface area contributed by atoms with Crippen molar-refractivity contribution in [2.75, 3.05) is 25.6 Å². The number of rotatable bonds is 8. The first-order valence-corrected chi connectivity index (χ1v) is 8.77. The zero-order chi connectivity index (χ0) is 19.8. The minimum atomic E-state index is -0.380. The van der Waals surface area contributed by atoms with E-state index in [2.05, 4.69) is 10.3 Å². The van der Waals surface area contributed by atoms with Crippen LogP contribution in [0.4, 0.5) is 5.69 Å². The maximum Gasteiger partial charge on any atom is 0.256 e. The lowest BCUT2D eigenvalue weighted by molar-refractivity contribution is 0.0996. The second-order valence-corrected chi connectivity index (χ2v) is 5.92. The van der Waals surface area contributed by atoms with Crippen molar-refractivity contribution in [2.45, 2.75) is 0 Å². The van der Waals surface area contributed by atoms with Crippen molar-refractivity contribution in [3.63, 3.8) is 0 Å². The Balaban J connectivity index is 1.74. The summed E-state index contributed by atoms with van der Waals surface area (Å²) < 4.78 is 10.3. The van der Waals surface area contributed by atoms with E-state index >= 15 is 0 Å². The molecular formula is C22H20N2O4. The molecule has 0 saturated carbocycles. The number of nitrogens with one attached hydrogen (secondary N) is 1. The van der Waals surface area contributed by atoms with Crippen molar-refractivity contribution in [3.05, 3.63) is 89.6 Å². The third kappa shape index (κ3) is 4.81. The van der Waals surface area contributed by atoms with Gasteiger partial charge in [-0.1, -0.05) is 48.5 Å². The average molecular weight is 376 g/mol. The highest BCUT2D eigenvalue weighted by Gasteiger charge is 2.18. The number of amides is 1.